The number of hydrogen-bond donors (Lipinski definition) is 1. The van der Waals surface area contributed by atoms with Crippen LogP contribution in [0.25, 0.3) is 0 Å². The summed E-state index contributed by atoms with van der Waals surface area (Å²) < 4.78 is 11.7. The summed E-state index contributed by atoms with van der Waals surface area (Å²) in [5.74, 6) is -0.512. The van der Waals surface area contributed by atoms with Gasteiger partial charge in [-0.3, -0.25) is 4.79 Å². The van der Waals surface area contributed by atoms with Crippen molar-refractivity contribution in [1.29, 1.82) is 0 Å². The van der Waals surface area contributed by atoms with Crippen molar-refractivity contribution < 1.29 is 19.4 Å². The minimum Gasteiger partial charge on any atom is -0.481 e. The molecule has 0 radical (unpaired) electrons. The molecule has 0 aliphatic carbocycles. The molecule has 1 heterocycles. The SMILES string of the molecule is COCCOCc1nnnn1CC(CC(C)C)C(=O)O. The third kappa shape index (κ3) is 5.62. The Morgan fingerprint density at radius 1 is 1.40 bits per heavy atom. The standard InChI is InChI=1S/C12H22N4O4/c1-9(2)6-10(12(17)18)7-16-11(13-14-15-16)8-20-5-4-19-3/h9-10H,4-8H2,1-3H3,(H,17,18). The molecule has 0 amide bonds. The van der Waals surface area contributed by atoms with Gasteiger partial charge in [-0.15, -0.1) is 5.10 Å². The Bertz CT molecular complexity index is 408. The molecule has 1 unspecified atom stereocenters. The van der Waals surface area contributed by atoms with Crippen LogP contribution in [0.2, 0.25) is 0 Å². The Morgan fingerprint density at radius 2 is 2.15 bits per heavy atom. The van der Waals surface area contributed by atoms with Gasteiger partial charge in [0, 0.05) is 7.11 Å². The van der Waals surface area contributed by atoms with E-state index < -0.39 is 11.9 Å². The number of aliphatic carboxylic acids is 1. The molecule has 1 aromatic heterocycles. The van der Waals surface area contributed by atoms with Crippen molar-refractivity contribution in [2.45, 2.75) is 33.4 Å². The Hall–Kier alpha value is -1.54. The fourth-order valence-electron chi connectivity index (χ4n) is 1.81. The largest absolute Gasteiger partial charge is 0.481 e. The number of hydrogen-bond acceptors (Lipinski definition) is 6. The summed E-state index contributed by atoms with van der Waals surface area (Å²) in [7, 11) is 1.59. The first-order valence-corrected chi connectivity index (χ1v) is 6.59. The Kier molecular flexibility index (Phi) is 7.10. The van der Waals surface area contributed by atoms with E-state index in [1.54, 1.807) is 7.11 Å². The minimum atomic E-state index is -0.833. The second-order valence-electron chi connectivity index (χ2n) is 4.99. The molecule has 1 aromatic rings. The summed E-state index contributed by atoms with van der Waals surface area (Å²) in [4.78, 5) is 11.2. The average molecular weight is 286 g/mol. The van der Waals surface area contributed by atoms with Crippen molar-refractivity contribution in [1.82, 2.24) is 20.2 Å². The van der Waals surface area contributed by atoms with Gasteiger partial charge in [0.2, 0.25) is 0 Å². The lowest BCUT2D eigenvalue weighted by Gasteiger charge is -2.15. The molecule has 1 atom stereocenters. The Morgan fingerprint density at radius 3 is 2.75 bits per heavy atom. The first kappa shape index (κ1) is 16.5. The fraction of sp³-hybridized carbons (Fsp3) is 0.833. The predicted molar refractivity (Wildman–Crippen MR) is 69.9 cm³/mol. The maximum Gasteiger partial charge on any atom is 0.308 e. The quantitative estimate of drug-likeness (QED) is 0.628. The zero-order valence-electron chi connectivity index (χ0n) is 12.2. The first-order chi connectivity index (χ1) is 9.54. The smallest absolute Gasteiger partial charge is 0.308 e. The summed E-state index contributed by atoms with van der Waals surface area (Å²) in [6, 6.07) is 0. The molecular formula is C12H22N4O4. The number of rotatable bonds is 10. The van der Waals surface area contributed by atoms with Crippen LogP contribution in [0.5, 0.6) is 0 Å². The lowest BCUT2D eigenvalue weighted by molar-refractivity contribution is -0.142. The second-order valence-corrected chi connectivity index (χ2v) is 4.99. The molecule has 1 rings (SSSR count). The number of carboxylic acid groups (broad SMARTS) is 1. The number of nitrogens with zero attached hydrogens (tertiary/aromatic N) is 4. The van der Waals surface area contributed by atoms with Crippen LogP contribution in [-0.4, -0.2) is 51.6 Å². The van der Waals surface area contributed by atoms with Gasteiger partial charge in [0.1, 0.15) is 6.61 Å². The maximum atomic E-state index is 11.2. The molecule has 8 heteroatoms. The molecule has 0 saturated carbocycles. The van der Waals surface area contributed by atoms with Crippen molar-refractivity contribution >= 4 is 5.97 Å². The molecule has 0 bridgehead atoms. The van der Waals surface area contributed by atoms with E-state index >= 15 is 0 Å². The van der Waals surface area contributed by atoms with Gasteiger partial charge in [-0.2, -0.15) is 0 Å². The lowest BCUT2D eigenvalue weighted by Crippen LogP contribution is -2.24. The van der Waals surface area contributed by atoms with Crippen LogP contribution in [-0.2, 0) is 27.4 Å². The van der Waals surface area contributed by atoms with Crippen molar-refractivity contribution in [3.8, 4) is 0 Å². The third-order valence-electron chi connectivity index (χ3n) is 2.77. The number of carbonyl (C=O) groups is 1. The molecule has 0 saturated heterocycles. The number of carboxylic acids is 1. The molecule has 20 heavy (non-hydrogen) atoms. The highest BCUT2D eigenvalue weighted by Gasteiger charge is 2.21. The highest BCUT2D eigenvalue weighted by molar-refractivity contribution is 5.69. The average Bonchev–Trinajstić information content (AvgIpc) is 2.81. The fourth-order valence-corrected chi connectivity index (χ4v) is 1.81. The molecule has 0 aliphatic heterocycles. The predicted octanol–water partition coefficient (Wildman–Crippen LogP) is 0.583. The molecular weight excluding hydrogens is 264 g/mol. The van der Waals surface area contributed by atoms with E-state index in [0.29, 0.717) is 31.4 Å². The molecule has 8 nitrogen and oxygen atoms in total. The van der Waals surface area contributed by atoms with Crippen molar-refractivity contribution in [2.24, 2.45) is 11.8 Å². The van der Waals surface area contributed by atoms with Crippen LogP contribution < -0.4 is 0 Å². The van der Waals surface area contributed by atoms with Crippen LogP contribution in [0.1, 0.15) is 26.1 Å². The first-order valence-electron chi connectivity index (χ1n) is 6.59. The van der Waals surface area contributed by atoms with E-state index in [1.165, 1.54) is 4.68 Å². The zero-order valence-corrected chi connectivity index (χ0v) is 12.2. The van der Waals surface area contributed by atoms with Crippen LogP contribution in [0, 0.1) is 11.8 Å². The van der Waals surface area contributed by atoms with E-state index in [1.807, 2.05) is 13.8 Å². The van der Waals surface area contributed by atoms with Gasteiger partial charge in [0.25, 0.3) is 0 Å². The van der Waals surface area contributed by atoms with Crippen LogP contribution in [0.15, 0.2) is 0 Å². The molecule has 0 spiro atoms. The normalized spacial score (nSPS) is 12.8. The van der Waals surface area contributed by atoms with E-state index in [9.17, 15) is 9.90 Å². The topological polar surface area (TPSA) is 99.4 Å². The molecule has 0 aromatic carbocycles. The maximum absolute atomic E-state index is 11.2. The van der Waals surface area contributed by atoms with E-state index in [4.69, 9.17) is 9.47 Å². The summed E-state index contributed by atoms with van der Waals surface area (Å²) in [5.41, 5.74) is 0. The summed E-state index contributed by atoms with van der Waals surface area (Å²) in [6.45, 7) is 5.41. The number of ether oxygens (including phenoxy) is 2. The van der Waals surface area contributed by atoms with Crippen molar-refractivity contribution in [3.05, 3.63) is 5.82 Å². The van der Waals surface area contributed by atoms with Gasteiger partial charge < -0.3 is 14.6 Å². The van der Waals surface area contributed by atoms with E-state index in [2.05, 4.69) is 15.5 Å². The highest BCUT2D eigenvalue weighted by Crippen LogP contribution is 2.14. The molecule has 0 fully saturated rings. The highest BCUT2D eigenvalue weighted by atomic mass is 16.5. The molecule has 1 N–H and O–H groups in total. The minimum absolute atomic E-state index is 0.240. The summed E-state index contributed by atoms with van der Waals surface area (Å²) >= 11 is 0. The monoisotopic (exact) mass is 286 g/mol. The van der Waals surface area contributed by atoms with Gasteiger partial charge >= 0.3 is 5.97 Å². The van der Waals surface area contributed by atoms with Gasteiger partial charge in [0.15, 0.2) is 5.82 Å². The number of methoxy groups -OCH3 is 1. The van der Waals surface area contributed by atoms with Crippen LogP contribution >= 0.6 is 0 Å². The molecule has 114 valence electrons. The van der Waals surface area contributed by atoms with Crippen LogP contribution in [0.4, 0.5) is 0 Å². The van der Waals surface area contributed by atoms with Crippen molar-refractivity contribution in [2.75, 3.05) is 20.3 Å². The van der Waals surface area contributed by atoms with Gasteiger partial charge in [-0.1, -0.05) is 13.8 Å². The zero-order chi connectivity index (χ0) is 15.0. The lowest BCUT2D eigenvalue weighted by atomic mass is 9.97. The van der Waals surface area contributed by atoms with Crippen LogP contribution in [0.3, 0.4) is 0 Å². The molecule has 0 aliphatic rings. The number of tetrazole rings is 1. The van der Waals surface area contributed by atoms with E-state index in [-0.39, 0.29) is 13.2 Å². The van der Waals surface area contributed by atoms with E-state index in [0.717, 1.165) is 0 Å². The summed E-state index contributed by atoms with van der Waals surface area (Å²) in [6.07, 6.45) is 0.583. The number of aromatic nitrogens is 4. The van der Waals surface area contributed by atoms with Gasteiger partial charge in [-0.25, -0.2) is 4.68 Å². The van der Waals surface area contributed by atoms with Gasteiger partial charge in [0.05, 0.1) is 25.7 Å². The third-order valence-corrected chi connectivity index (χ3v) is 2.77. The van der Waals surface area contributed by atoms with Crippen molar-refractivity contribution in [3.63, 3.8) is 0 Å². The van der Waals surface area contributed by atoms with Gasteiger partial charge in [-0.05, 0) is 22.8 Å². The Balaban J connectivity index is 2.57. The summed E-state index contributed by atoms with van der Waals surface area (Å²) in [5, 5.41) is 20.5. The second kappa shape index (κ2) is 8.60. The Labute approximate surface area is 118 Å².